The predicted molar refractivity (Wildman–Crippen MR) is 80.6 cm³/mol. The number of para-hydroxylation sites is 1. The quantitative estimate of drug-likeness (QED) is 0.919. The van der Waals surface area contributed by atoms with Crippen LogP contribution in [0.1, 0.15) is 0 Å². The van der Waals surface area contributed by atoms with Crippen LogP contribution in [0.5, 0.6) is 17.2 Å². The highest BCUT2D eigenvalue weighted by atomic mass is 35.5. The number of hydrogen-bond acceptors (Lipinski definition) is 4. The van der Waals surface area contributed by atoms with E-state index < -0.39 is 11.9 Å². The molecule has 0 saturated carbocycles. The zero-order chi connectivity index (χ0) is 16.1. The summed E-state index contributed by atoms with van der Waals surface area (Å²) >= 11 is 5.99. The molecule has 0 atom stereocenters. The predicted octanol–water partition coefficient (Wildman–Crippen LogP) is 4.11. The van der Waals surface area contributed by atoms with Crippen molar-refractivity contribution in [2.45, 2.75) is 0 Å². The highest BCUT2D eigenvalue weighted by Crippen LogP contribution is 2.36. The molecule has 22 heavy (non-hydrogen) atoms. The lowest BCUT2D eigenvalue weighted by Crippen LogP contribution is -2.17. The van der Waals surface area contributed by atoms with Gasteiger partial charge in [0, 0.05) is 6.07 Å². The van der Waals surface area contributed by atoms with Gasteiger partial charge in [0.2, 0.25) is 0 Å². The second-order valence-electron chi connectivity index (χ2n) is 4.13. The van der Waals surface area contributed by atoms with Crippen molar-refractivity contribution in [1.82, 2.24) is 0 Å². The van der Waals surface area contributed by atoms with Gasteiger partial charge in [0.05, 0.1) is 24.9 Å². The van der Waals surface area contributed by atoms with Crippen molar-refractivity contribution in [2.24, 2.45) is 0 Å². The summed E-state index contributed by atoms with van der Waals surface area (Å²) in [5.74, 6) is -0.103. The molecule has 0 aliphatic heterocycles. The monoisotopic (exact) mass is 325 g/mol. The molecule has 2 aromatic rings. The standard InChI is InChI=1S/C15H13ClFNO4/c1-20-13-8-14(21-2)11(7-9(13)16)18-15(19)22-12-6-4-3-5-10(12)17/h3-8H,1-2H3,(H,18,19). The van der Waals surface area contributed by atoms with E-state index in [4.69, 9.17) is 25.8 Å². The van der Waals surface area contributed by atoms with Crippen LogP contribution < -0.4 is 19.5 Å². The number of hydrogen-bond donors (Lipinski definition) is 1. The summed E-state index contributed by atoms with van der Waals surface area (Å²) in [6.07, 6.45) is -0.871. The first-order valence-corrected chi connectivity index (χ1v) is 6.58. The molecule has 0 aliphatic rings. The SMILES string of the molecule is COc1cc(OC)c(NC(=O)Oc2ccccc2F)cc1Cl. The third kappa shape index (κ3) is 3.59. The van der Waals surface area contributed by atoms with Gasteiger partial charge in [-0.3, -0.25) is 5.32 Å². The summed E-state index contributed by atoms with van der Waals surface area (Å²) in [5.41, 5.74) is 0.273. The molecule has 0 radical (unpaired) electrons. The first-order chi connectivity index (χ1) is 10.5. The third-order valence-corrected chi connectivity index (χ3v) is 3.05. The van der Waals surface area contributed by atoms with E-state index in [0.29, 0.717) is 11.5 Å². The summed E-state index contributed by atoms with van der Waals surface area (Å²) < 4.78 is 28.5. The summed E-state index contributed by atoms with van der Waals surface area (Å²) in [6.45, 7) is 0. The van der Waals surface area contributed by atoms with Gasteiger partial charge in [-0.2, -0.15) is 0 Å². The highest BCUT2D eigenvalue weighted by molar-refractivity contribution is 6.32. The van der Waals surface area contributed by atoms with E-state index in [1.807, 2.05) is 0 Å². The number of carbonyl (C=O) groups excluding carboxylic acids is 1. The number of halogens is 2. The van der Waals surface area contributed by atoms with Crippen LogP contribution >= 0.6 is 11.6 Å². The van der Waals surface area contributed by atoms with Gasteiger partial charge in [-0.05, 0) is 18.2 Å². The summed E-state index contributed by atoms with van der Waals surface area (Å²) in [5, 5.41) is 2.72. The number of rotatable bonds is 4. The van der Waals surface area contributed by atoms with E-state index in [1.165, 1.54) is 44.6 Å². The van der Waals surface area contributed by atoms with Crippen LogP contribution in [0.2, 0.25) is 5.02 Å². The zero-order valence-corrected chi connectivity index (χ0v) is 12.6. The van der Waals surface area contributed by atoms with Gasteiger partial charge in [-0.25, -0.2) is 9.18 Å². The second kappa shape index (κ2) is 7.00. The van der Waals surface area contributed by atoms with E-state index in [9.17, 15) is 9.18 Å². The minimum atomic E-state index is -0.871. The van der Waals surface area contributed by atoms with Gasteiger partial charge in [0.15, 0.2) is 11.6 Å². The number of anilines is 1. The van der Waals surface area contributed by atoms with E-state index in [0.717, 1.165) is 0 Å². The van der Waals surface area contributed by atoms with Crippen molar-refractivity contribution in [3.05, 3.63) is 47.2 Å². The average molecular weight is 326 g/mol. The summed E-state index contributed by atoms with van der Waals surface area (Å²) in [7, 11) is 2.89. The molecule has 0 heterocycles. The fourth-order valence-corrected chi connectivity index (χ4v) is 1.96. The molecule has 2 rings (SSSR count). The Bertz CT molecular complexity index is 693. The van der Waals surface area contributed by atoms with Crippen molar-refractivity contribution < 1.29 is 23.4 Å². The van der Waals surface area contributed by atoms with Gasteiger partial charge >= 0.3 is 6.09 Å². The first kappa shape index (κ1) is 15.9. The number of amides is 1. The number of methoxy groups -OCH3 is 2. The van der Waals surface area contributed by atoms with Crippen LogP contribution in [0, 0.1) is 5.82 Å². The van der Waals surface area contributed by atoms with Crippen molar-refractivity contribution in [1.29, 1.82) is 0 Å². The minimum Gasteiger partial charge on any atom is -0.495 e. The Morgan fingerprint density at radius 2 is 1.77 bits per heavy atom. The van der Waals surface area contributed by atoms with Crippen LogP contribution in [0.25, 0.3) is 0 Å². The topological polar surface area (TPSA) is 56.8 Å². The maximum atomic E-state index is 13.4. The van der Waals surface area contributed by atoms with E-state index in [2.05, 4.69) is 5.32 Å². The lowest BCUT2D eigenvalue weighted by Gasteiger charge is -2.13. The van der Waals surface area contributed by atoms with Crippen molar-refractivity contribution >= 4 is 23.4 Å². The molecule has 0 bridgehead atoms. The smallest absolute Gasteiger partial charge is 0.417 e. The molecule has 116 valence electrons. The third-order valence-electron chi connectivity index (χ3n) is 2.75. The molecule has 0 saturated heterocycles. The van der Waals surface area contributed by atoms with Crippen LogP contribution in [-0.4, -0.2) is 20.3 Å². The molecule has 0 aromatic heterocycles. The Hall–Kier alpha value is -2.47. The zero-order valence-electron chi connectivity index (χ0n) is 11.9. The molecule has 0 unspecified atom stereocenters. The number of ether oxygens (including phenoxy) is 3. The van der Waals surface area contributed by atoms with Gasteiger partial charge < -0.3 is 14.2 Å². The molecular weight excluding hydrogens is 313 g/mol. The number of nitrogens with one attached hydrogen (secondary N) is 1. The molecule has 0 spiro atoms. The molecule has 0 fully saturated rings. The molecule has 7 heteroatoms. The molecule has 1 N–H and O–H groups in total. The number of carbonyl (C=O) groups is 1. The molecular formula is C15H13ClFNO4. The Labute approximate surface area is 131 Å². The van der Waals surface area contributed by atoms with Gasteiger partial charge in [-0.15, -0.1) is 0 Å². The van der Waals surface area contributed by atoms with Crippen molar-refractivity contribution in [3.8, 4) is 17.2 Å². The molecule has 5 nitrogen and oxygen atoms in total. The van der Waals surface area contributed by atoms with Crippen molar-refractivity contribution in [2.75, 3.05) is 19.5 Å². The van der Waals surface area contributed by atoms with Gasteiger partial charge in [0.1, 0.15) is 11.5 Å². The average Bonchev–Trinajstić information content (AvgIpc) is 2.50. The normalized spacial score (nSPS) is 10.0. The highest BCUT2D eigenvalue weighted by Gasteiger charge is 2.14. The lowest BCUT2D eigenvalue weighted by molar-refractivity contribution is 0.213. The fraction of sp³-hybridized carbons (Fsp3) is 0.133. The Balaban J connectivity index is 2.18. The maximum Gasteiger partial charge on any atom is 0.417 e. The van der Waals surface area contributed by atoms with Crippen LogP contribution in [0.4, 0.5) is 14.9 Å². The maximum absolute atomic E-state index is 13.4. The second-order valence-corrected chi connectivity index (χ2v) is 4.54. The summed E-state index contributed by atoms with van der Waals surface area (Å²) in [4.78, 5) is 11.8. The molecule has 2 aromatic carbocycles. The van der Waals surface area contributed by atoms with Crippen molar-refractivity contribution in [3.63, 3.8) is 0 Å². The Morgan fingerprint density at radius 3 is 2.41 bits per heavy atom. The van der Waals surface area contributed by atoms with Crippen LogP contribution in [-0.2, 0) is 0 Å². The van der Waals surface area contributed by atoms with Gasteiger partial charge in [-0.1, -0.05) is 23.7 Å². The van der Waals surface area contributed by atoms with E-state index in [-0.39, 0.29) is 16.5 Å². The largest absolute Gasteiger partial charge is 0.495 e. The molecule has 1 amide bonds. The Kier molecular flexibility index (Phi) is 5.06. The van der Waals surface area contributed by atoms with E-state index in [1.54, 1.807) is 6.07 Å². The van der Waals surface area contributed by atoms with Crippen LogP contribution in [0.15, 0.2) is 36.4 Å². The molecule has 0 aliphatic carbocycles. The fourth-order valence-electron chi connectivity index (χ4n) is 1.72. The van der Waals surface area contributed by atoms with E-state index >= 15 is 0 Å². The Morgan fingerprint density at radius 1 is 1.09 bits per heavy atom. The van der Waals surface area contributed by atoms with Gasteiger partial charge in [0.25, 0.3) is 0 Å². The minimum absolute atomic E-state index is 0.182. The number of benzene rings is 2. The first-order valence-electron chi connectivity index (χ1n) is 6.20. The summed E-state index contributed by atoms with van der Waals surface area (Å²) in [6, 6.07) is 8.53. The van der Waals surface area contributed by atoms with Crippen LogP contribution in [0.3, 0.4) is 0 Å². The lowest BCUT2D eigenvalue weighted by atomic mass is 10.2.